The number of methoxy groups -OCH3 is 1. The van der Waals surface area contributed by atoms with Crippen LogP contribution < -0.4 is 5.32 Å². The van der Waals surface area contributed by atoms with Gasteiger partial charge in [-0.05, 0) is 24.3 Å². The molecule has 0 aliphatic rings. The molecule has 1 rings (SSSR count). The van der Waals surface area contributed by atoms with Gasteiger partial charge in [0.05, 0.1) is 29.7 Å². The van der Waals surface area contributed by atoms with Crippen molar-refractivity contribution in [2.75, 3.05) is 33.9 Å². The van der Waals surface area contributed by atoms with Crippen LogP contribution in [-0.2, 0) is 19.6 Å². The number of carbonyl (C=O) groups excluding carboxylic acids is 1. The lowest BCUT2D eigenvalue weighted by atomic mass is 10.2. The minimum Gasteiger partial charge on any atom is -0.383 e. The van der Waals surface area contributed by atoms with E-state index in [1.807, 2.05) is 6.07 Å². The fraction of sp³-hybridized carbons (Fsp3) is 0.385. The number of hydrogen-bond donors (Lipinski definition) is 1. The quantitative estimate of drug-likeness (QED) is 0.711. The van der Waals surface area contributed by atoms with Gasteiger partial charge in [-0.25, -0.2) is 8.42 Å². The lowest BCUT2D eigenvalue weighted by Crippen LogP contribution is -2.39. The summed E-state index contributed by atoms with van der Waals surface area (Å²) in [5.74, 6) is -0.410. The van der Waals surface area contributed by atoms with Crippen molar-refractivity contribution in [3.8, 4) is 6.07 Å². The molecule has 0 heterocycles. The van der Waals surface area contributed by atoms with Gasteiger partial charge in [-0.15, -0.1) is 0 Å². The maximum atomic E-state index is 12.2. The predicted octanol–water partition coefficient (Wildman–Crippen LogP) is -0.0586. The van der Waals surface area contributed by atoms with Crippen LogP contribution in [0, 0.1) is 11.3 Å². The minimum absolute atomic E-state index is 0.0358. The van der Waals surface area contributed by atoms with E-state index in [2.05, 4.69) is 5.32 Å². The van der Waals surface area contributed by atoms with E-state index in [4.69, 9.17) is 10.00 Å². The molecule has 0 fully saturated rings. The van der Waals surface area contributed by atoms with Gasteiger partial charge in [-0.1, -0.05) is 0 Å². The fourth-order valence-corrected chi connectivity index (χ4v) is 2.64. The molecule has 114 valence electrons. The molecular weight excluding hydrogens is 294 g/mol. The van der Waals surface area contributed by atoms with Crippen LogP contribution in [0.5, 0.6) is 0 Å². The Kier molecular flexibility index (Phi) is 6.30. The van der Waals surface area contributed by atoms with Crippen molar-refractivity contribution >= 4 is 15.9 Å². The second-order valence-electron chi connectivity index (χ2n) is 4.24. The van der Waals surface area contributed by atoms with Crippen molar-refractivity contribution in [3.63, 3.8) is 0 Å². The lowest BCUT2D eigenvalue weighted by molar-refractivity contribution is -0.121. The van der Waals surface area contributed by atoms with Gasteiger partial charge in [0.15, 0.2) is 0 Å². The average Bonchev–Trinajstić information content (AvgIpc) is 2.47. The van der Waals surface area contributed by atoms with Crippen LogP contribution in [0.4, 0.5) is 0 Å². The summed E-state index contributed by atoms with van der Waals surface area (Å²) in [5, 5.41) is 11.2. The van der Waals surface area contributed by atoms with E-state index in [0.717, 1.165) is 4.31 Å². The van der Waals surface area contributed by atoms with Crippen molar-refractivity contribution in [3.05, 3.63) is 29.8 Å². The first-order valence-electron chi connectivity index (χ1n) is 6.14. The Bertz CT molecular complexity index is 620. The topological polar surface area (TPSA) is 99.5 Å². The molecular formula is C13H17N3O4S. The molecule has 0 aliphatic carbocycles. The Morgan fingerprint density at radius 3 is 2.52 bits per heavy atom. The number of nitrogens with one attached hydrogen (secondary N) is 1. The maximum Gasteiger partial charge on any atom is 0.243 e. The van der Waals surface area contributed by atoms with Gasteiger partial charge >= 0.3 is 0 Å². The highest BCUT2D eigenvalue weighted by Crippen LogP contribution is 2.14. The number of hydrogen-bond acceptors (Lipinski definition) is 5. The number of benzene rings is 1. The molecule has 0 bridgehead atoms. The third kappa shape index (κ3) is 4.82. The van der Waals surface area contributed by atoms with Crippen LogP contribution in [0.1, 0.15) is 5.56 Å². The Labute approximate surface area is 124 Å². The molecule has 1 aromatic carbocycles. The van der Waals surface area contributed by atoms with Gasteiger partial charge in [0.25, 0.3) is 0 Å². The van der Waals surface area contributed by atoms with E-state index < -0.39 is 15.9 Å². The molecule has 1 aromatic rings. The van der Waals surface area contributed by atoms with Gasteiger partial charge in [0, 0.05) is 20.7 Å². The van der Waals surface area contributed by atoms with E-state index in [0.29, 0.717) is 18.7 Å². The van der Waals surface area contributed by atoms with E-state index in [9.17, 15) is 13.2 Å². The molecule has 0 saturated carbocycles. The normalized spacial score (nSPS) is 11.1. The number of amides is 1. The van der Waals surface area contributed by atoms with Gasteiger partial charge < -0.3 is 10.1 Å². The number of sulfonamides is 1. The first-order valence-corrected chi connectivity index (χ1v) is 7.58. The molecule has 0 spiro atoms. The molecule has 0 unspecified atom stereocenters. The largest absolute Gasteiger partial charge is 0.383 e. The Hall–Kier alpha value is -1.95. The second kappa shape index (κ2) is 7.73. The zero-order chi connectivity index (χ0) is 15.9. The molecule has 1 amide bonds. The summed E-state index contributed by atoms with van der Waals surface area (Å²) in [7, 11) is -0.927. The summed E-state index contributed by atoms with van der Waals surface area (Å²) >= 11 is 0. The number of ether oxygens (including phenoxy) is 1. The first kappa shape index (κ1) is 17.1. The van der Waals surface area contributed by atoms with Crippen molar-refractivity contribution in [1.29, 1.82) is 5.26 Å². The summed E-state index contributed by atoms with van der Waals surface area (Å²) in [4.78, 5) is 11.6. The Morgan fingerprint density at radius 1 is 1.38 bits per heavy atom. The zero-order valence-electron chi connectivity index (χ0n) is 11.9. The Balaban J connectivity index is 2.72. The molecule has 8 heteroatoms. The number of likely N-dealkylation sites (N-methyl/N-ethyl adjacent to an activating group) is 1. The summed E-state index contributed by atoms with van der Waals surface area (Å²) < 4.78 is 30.2. The highest BCUT2D eigenvalue weighted by atomic mass is 32.2. The van der Waals surface area contributed by atoms with Gasteiger partial charge in [-0.3, -0.25) is 4.79 Å². The summed E-state index contributed by atoms with van der Waals surface area (Å²) in [6.45, 7) is 0.393. The van der Waals surface area contributed by atoms with Gasteiger partial charge in [0.1, 0.15) is 0 Å². The van der Waals surface area contributed by atoms with Crippen LogP contribution in [-0.4, -0.2) is 52.5 Å². The van der Waals surface area contributed by atoms with Gasteiger partial charge in [-0.2, -0.15) is 9.57 Å². The van der Waals surface area contributed by atoms with E-state index in [-0.39, 0.29) is 11.4 Å². The molecule has 0 aliphatic heterocycles. The van der Waals surface area contributed by atoms with Crippen LogP contribution in [0.2, 0.25) is 0 Å². The maximum absolute atomic E-state index is 12.2. The van der Waals surface area contributed by atoms with Crippen LogP contribution in [0.15, 0.2) is 29.2 Å². The zero-order valence-corrected chi connectivity index (χ0v) is 12.7. The van der Waals surface area contributed by atoms with Crippen LogP contribution >= 0.6 is 0 Å². The minimum atomic E-state index is -3.76. The molecule has 0 radical (unpaired) electrons. The molecule has 1 N–H and O–H groups in total. The van der Waals surface area contributed by atoms with Crippen molar-refractivity contribution in [1.82, 2.24) is 9.62 Å². The molecule has 21 heavy (non-hydrogen) atoms. The summed E-state index contributed by atoms with van der Waals surface area (Å²) in [5.41, 5.74) is 0.369. The van der Waals surface area contributed by atoms with Gasteiger partial charge in [0.2, 0.25) is 15.9 Å². The highest BCUT2D eigenvalue weighted by Gasteiger charge is 2.22. The van der Waals surface area contributed by atoms with Crippen molar-refractivity contribution in [2.24, 2.45) is 0 Å². The van der Waals surface area contributed by atoms with E-state index in [1.165, 1.54) is 38.4 Å². The SMILES string of the molecule is COCCNC(=O)CN(C)S(=O)(=O)c1ccc(C#N)cc1. The number of nitriles is 1. The Morgan fingerprint density at radius 2 is 2.00 bits per heavy atom. The number of carbonyl (C=O) groups is 1. The lowest BCUT2D eigenvalue weighted by Gasteiger charge is -2.16. The fourth-order valence-electron chi connectivity index (χ4n) is 1.52. The smallest absolute Gasteiger partial charge is 0.243 e. The summed E-state index contributed by atoms with van der Waals surface area (Å²) in [6, 6.07) is 7.42. The molecule has 7 nitrogen and oxygen atoms in total. The van der Waals surface area contributed by atoms with Crippen molar-refractivity contribution < 1.29 is 17.9 Å². The molecule has 0 saturated heterocycles. The van der Waals surface area contributed by atoms with E-state index in [1.54, 1.807) is 0 Å². The van der Waals surface area contributed by atoms with Crippen LogP contribution in [0.3, 0.4) is 0 Å². The average molecular weight is 311 g/mol. The predicted molar refractivity (Wildman–Crippen MR) is 75.9 cm³/mol. The number of nitrogens with zero attached hydrogens (tertiary/aromatic N) is 2. The third-order valence-corrected chi connectivity index (χ3v) is 4.50. The monoisotopic (exact) mass is 311 g/mol. The third-order valence-electron chi connectivity index (χ3n) is 2.69. The first-order chi connectivity index (χ1) is 9.91. The van der Waals surface area contributed by atoms with Crippen molar-refractivity contribution in [2.45, 2.75) is 4.90 Å². The highest BCUT2D eigenvalue weighted by molar-refractivity contribution is 7.89. The molecule has 0 atom stereocenters. The summed E-state index contributed by atoms with van der Waals surface area (Å²) in [6.07, 6.45) is 0. The second-order valence-corrected chi connectivity index (χ2v) is 6.28. The van der Waals surface area contributed by atoms with E-state index >= 15 is 0 Å². The van der Waals surface area contributed by atoms with Crippen LogP contribution in [0.25, 0.3) is 0 Å². The number of rotatable bonds is 7. The molecule has 0 aromatic heterocycles. The standard InChI is InChI=1S/C13H17N3O4S/c1-16(10-13(17)15-7-8-20-2)21(18,19)12-5-3-11(9-14)4-6-12/h3-6H,7-8,10H2,1-2H3,(H,15,17).